The van der Waals surface area contributed by atoms with Gasteiger partial charge in [0.15, 0.2) is 22.0 Å². The van der Waals surface area contributed by atoms with Gasteiger partial charge in [-0.2, -0.15) is 0 Å². The normalized spacial score (nSPS) is 15.8. The Morgan fingerprint density at radius 2 is 1.77 bits per heavy atom. The van der Waals surface area contributed by atoms with Crippen molar-refractivity contribution < 1.29 is 0 Å². The van der Waals surface area contributed by atoms with Gasteiger partial charge in [0.05, 0.1) is 23.4 Å². The maximum atomic E-state index is 2.68. The van der Waals surface area contributed by atoms with E-state index in [0.717, 1.165) is 5.66 Å². The smallest absolute Gasteiger partial charge is 0.0622 e. The minimum absolute atomic E-state index is 0.766. The summed E-state index contributed by atoms with van der Waals surface area (Å²) in [4.78, 5) is -0.766. The van der Waals surface area contributed by atoms with E-state index in [4.69, 9.17) is 0 Å². The summed E-state index contributed by atoms with van der Waals surface area (Å²) in [5, 5.41) is 0. The van der Waals surface area contributed by atoms with Gasteiger partial charge >= 0.3 is 0 Å². The Bertz CT molecular complexity index is 254. The van der Waals surface area contributed by atoms with Crippen molar-refractivity contribution in [1.29, 1.82) is 0 Å². The predicted octanol–water partition coefficient (Wildman–Crippen LogP) is 4.59. The molecule has 0 bridgehead atoms. The largest absolute Gasteiger partial charge is 0.155 e. The van der Waals surface area contributed by atoms with Crippen molar-refractivity contribution in [2.24, 2.45) is 0 Å². The Kier molecular flexibility index (Phi) is 4.18. The van der Waals surface area contributed by atoms with E-state index >= 15 is 0 Å². The van der Waals surface area contributed by atoms with Crippen molar-refractivity contribution >= 4 is 26.9 Å². The second-order valence-electron chi connectivity index (χ2n) is 3.88. The third kappa shape index (κ3) is 3.55. The molecule has 0 aromatic heterocycles. The van der Waals surface area contributed by atoms with Crippen molar-refractivity contribution in [3.63, 3.8) is 0 Å². The predicted molar refractivity (Wildman–Crippen MR) is 72.1 cm³/mol. The molecular formula is C11H17IP+. The van der Waals surface area contributed by atoms with Crippen LogP contribution in [-0.2, 0) is 6.16 Å². The lowest BCUT2D eigenvalue weighted by atomic mass is 10.2. The highest BCUT2D eigenvalue weighted by molar-refractivity contribution is 14.2. The van der Waals surface area contributed by atoms with Crippen LogP contribution in [-0.4, -0.2) is 12.3 Å². The Morgan fingerprint density at radius 3 is 2.23 bits per heavy atom. The minimum Gasteiger partial charge on any atom is -0.0622 e. The van der Waals surface area contributed by atoms with Gasteiger partial charge in [-0.05, 0) is 19.4 Å². The molecule has 0 aliphatic rings. The van der Waals surface area contributed by atoms with Crippen LogP contribution < -0.4 is 0 Å². The Labute approximate surface area is 94.9 Å². The molecule has 0 aliphatic carbocycles. The van der Waals surface area contributed by atoms with Gasteiger partial charge in [-0.3, -0.25) is 0 Å². The summed E-state index contributed by atoms with van der Waals surface area (Å²) in [6, 6.07) is 10.8. The molecular weight excluding hydrogens is 290 g/mol. The van der Waals surface area contributed by atoms with Crippen molar-refractivity contribution in [3.05, 3.63) is 35.9 Å². The fourth-order valence-electron chi connectivity index (χ4n) is 1.12. The first-order chi connectivity index (χ1) is 6.02. The topological polar surface area (TPSA) is 0 Å². The van der Waals surface area contributed by atoms with E-state index in [9.17, 15) is 0 Å². The first-order valence-electron chi connectivity index (χ1n) is 4.61. The van der Waals surface area contributed by atoms with Crippen molar-refractivity contribution in [3.8, 4) is 0 Å². The summed E-state index contributed by atoms with van der Waals surface area (Å²) in [5.41, 5.74) is 2.31. The monoisotopic (exact) mass is 307 g/mol. The average molecular weight is 307 g/mol. The molecule has 0 aliphatic heterocycles. The molecule has 1 rings (SSSR count). The number of hydrogen-bond acceptors (Lipinski definition) is 0. The van der Waals surface area contributed by atoms with Crippen LogP contribution in [0.4, 0.5) is 0 Å². The van der Waals surface area contributed by atoms with Crippen LogP contribution in [0.2, 0.25) is 0 Å². The van der Waals surface area contributed by atoms with E-state index < -0.39 is 4.90 Å². The lowest BCUT2D eigenvalue weighted by Crippen LogP contribution is -2.00. The molecule has 1 unspecified atom stereocenters. The van der Waals surface area contributed by atoms with Gasteiger partial charge in [-0.1, -0.05) is 30.3 Å². The van der Waals surface area contributed by atoms with Gasteiger partial charge in [0.25, 0.3) is 0 Å². The van der Waals surface area contributed by atoms with Crippen LogP contribution in [0, 0.1) is 0 Å². The van der Waals surface area contributed by atoms with Gasteiger partial charge in [-0.25, -0.2) is 0 Å². The van der Waals surface area contributed by atoms with Crippen molar-refractivity contribution in [2.45, 2.75) is 25.7 Å². The molecule has 0 N–H and O–H groups in total. The summed E-state index contributed by atoms with van der Waals surface area (Å²) in [6.07, 6.45) is 1.27. The number of halogens is 1. The summed E-state index contributed by atoms with van der Waals surface area (Å²) < 4.78 is 0. The summed E-state index contributed by atoms with van der Waals surface area (Å²) in [7, 11) is 0. The molecule has 0 radical (unpaired) electrons. The lowest BCUT2D eigenvalue weighted by molar-refractivity contribution is 1.08. The molecule has 0 nitrogen and oxygen atoms in total. The van der Waals surface area contributed by atoms with Gasteiger partial charge in [0.1, 0.15) is 0 Å². The van der Waals surface area contributed by atoms with Crippen LogP contribution >= 0.6 is 26.9 Å². The van der Waals surface area contributed by atoms with Crippen LogP contribution in [0.3, 0.4) is 0 Å². The fourth-order valence-corrected chi connectivity index (χ4v) is 3.59. The number of rotatable bonds is 3. The van der Waals surface area contributed by atoms with Crippen LogP contribution in [0.15, 0.2) is 30.3 Å². The highest BCUT2D eigenvalue weighted by Gasteiger charge is 2.32. The minimum atomic E-state index is -0.766. The first-order valence-corrected chi connectivity index (χ1v) is 9.89. The maximum absolute atomic E-state index is 2.68. The average Bonchev–Trinajstić information content (AvgIpc) is 2.05. The summed E-state index contributed by atoms with van der Waals surface area (Å²) in [6.45, 7) is 7.11. The Hall–Kier alpha value is 0.380. The fraction of sp³-hybridized carbons (Fsp3) is 0.455. The first kappa shape index (κ1) is 11.5. The quantitative estimate of drug-likeness (QED) is 0.566. The van der Waals surface area contributed by atoms with E-state index in [1.54, 1.807) is 0 Å². The number of benzene rings is 1. The van der Waals surface area contributed by atoms with Gasteiger partial charge in [0.2, 0.25) is 0 Å². The molecule has 13 heavy (non-hydrogen) atoms. The Balaban J connectivity index is 2.69. The van der Waals surface area contributed by atoms with Gasteiger partial charge < -0.3 is 0 Å². The molecule has 2 heteroatoms. The molecule has 0 saturated heterocycles. The second-order valence-corrected chi connectivity index (χ2v) is 14.1. The second kappa shape index (κ2) is 4.75. The molecule has 1 atom stereocenters. The molecule has 1 aromatic rings. The van der Waals surface area contributed by atoms with E-state index in [2.05, 4.69) is 72.9 Å². The van der Waals surface area contributed by atoms with Crippen LogP contribution in [0.5, 0.6) is 0 Å². The van der Waals surface area contributed by atoms with Crippen LogP contribution in [0.1, 0.15) is 19.4 Å². The van der Waals surface area contributed by atoms with E-state index in [0.29, 0.717) is 0 Å². The van der Waals surface area contributed by atoms with Crippen molar-refractivity contribution in [1.82, 2.24) is 0 Å². The molecule has 0 saturated carbocycles. The molecule has 0 fully saturated rings. The van der Waals surface area contributed by atoms with Gasteiger partial charge in [-0.15, -0.1) is 0 Å². The van der Waals surface area contributed by atoms with E-state index in [1.165, 1.54) is 11.7 Å². The lowest BCUT2D eigenvalue weighted by Gasteiger charge is -2.19. The zero-order valence-corrected chi connectivity index (χ0v) is 11.5. The van der Waals surface area contributed by atoms with Crippen molar-refractivity contribution in [2.75, 3.05) is 6.66 Å². The molecule has 0 spiro atoms. The van der Waals surface area contributed by atoms with Gasteiger partial charge in [0, 0.05) is 0 Å². The highest BCUT2D eigenvalue weighted by Crippen LogP contribution is 2.69. The molecule has 72 valence electrons. The van der Waals surface area contributed by atoms with Crippen LogP contribution in [0.25, 0.3) is 0 Å². The third-order valence-electron chi connectivity index (χ3n) is 2.41. The van der Waals surface area contributed by atoms with E-state index in [-0.39, 0.29) is 0 Å². The number of hydrogen-bond donors (Lipinski definition) is 0. The third-order valence-corrected chi connectivity index (χ3v) is 9.91. The molecule has 0 heterocycles. The zero-order chi connectivity index (χ0) is 9.90. The summed E-state index contributed by atoms with van der Waals surface area (Å²) >= 11 is 2.68. The standard InChI is InChI=1S/C11H17IP/c1-10(2)13(3,12)9-11-7-5-4-6-8-11/h4-8,10H,9H2,1-3H3/q+1. The van der Waals surface area contributed by atoms with E-state index in [1.807, 2.05) is 0 Å². The zero-order valence-electron chi connectivity index (χ0n) is 8.50. The highest BCUT2D eigenvalue weighted by atomic mass is 127. The molecule has 0 amide bonds. The maximum Gasteiger partial charge on any atom is 0.155 e. The molecule has 1 aromatic carbocycles. The summed E-state index contributed by atoms with van der Waals surface area (Å²) in [5.74, 6) is 0. The Morgan fingerprint density at radius 1 is 1.23 bits per heavy atom. The SMILES string of the molecule is CC(C)[P+](C)(I)Cc1ccccc1.